The van der Waals surface area contributed by atoms with Gasteiger partial charge in [0.1, 0.15) is 5.82 Å². The molecule has 4 nitrogen and oxygen atoms in total. The van der Waals surface area contributed by atoms with Crippen LogP contribution in [-0.2, 0) is 4.74 Å². The number of nitrogens with one attached hydrogen (secondary N) is 1. The van der Waals surface area contributed by atoms with E-state index in [1.807, 2.05) is 0 Å². The van der Waals surface area contributed by atoms with Crippen molar-refractivity contribution in [2.24, 2.45) is 0 Å². The minimum atomic E-state index is -0.778. The molecule has 0 aliphatic rings. The zero-order valence-corrected chi connectivity index (χ0v) is 12.7. The lowest BCUT2D eigenvalue weighted by molar-refractivity contribution is 0.0725. The van der Waals surface area contributed by atoms with E-state index in [-0.39, 0.29) is 28.8 Å². The zero-order chi connectivity index (χ0) is 15.3. The second kappa shape index (κ2) is 7.22. The summed E-state index contributed by atoms with van der Waals surface area (Å²) in [6.07, 6.45) is 0.292. The summed E-state index contributed by atoms with van der Waals surface area (Å²) in [4.78, 5) is 12.2. The molecule has 0 saturated carbocycles. The van der Waals surface area contributed by atoms with Gasteiger partial charge in [0.25, 0.3) is 5.91 Å². The molecule has 1 unspecified atom stereocenters. The topological polar surface area (TPSA) is 58.6 Å². The first-order valence-electron chi connectivity index (χ1n) is 5.90. The van der Waals surface area contributed by atoms with Crippen molar-refractivity contribution in [3.63, 3.8) is 0 Å². The first kappa shape index (κ1) is 17.2. The van der Waals surface area contributed by atoms with Crippen LogP contribution in [0.5, 0.6) is 0 Å². The third-order valence-corrected chi connectivity index (χ3v) is 3.40. The average molecular weight is 324 g/mol. The summed E-state index contributed by atoms with van der Waals surface area (Å²) < 4.78 is 18.4. The van der Waals surface area contributed by atoms with Gasteiger partial charge in [0.15, 0.2) is 0 Å². The van der Waals surface area contributed by atoms with Crippen LogP contribution in [0.3, 0.4) is 0 Å². The van der Waals surface area contributed by atoms with Crippen LogP contribution in [0.2, 0.25) is 10.0 Å². The highest BCUT2D eigenvalue weighted by atomic mass is 35.5. The fraction of sp³-hybridized carbons (Fsp3) is 0.462. The Morgan fingerprint density at radius 2 is 2.10 bits per heavy atom. The molecule has 1 rings (SSSR count). The van der Waals surface area contributed by atoms with Crippen molar-refractivity contribution in [2.45, 2.75) is 18.9 Å². The molecule has 0 radical (unpaired) electrons. The number of aliphatic hydroxyl groups is 1. The zero-order valence-electron chi connectivity index (χ0n) is 11.2. The molecule has 0 spiro atoms. The molecule has 0 aliphatic heterocycles. The smallest absolute Gasteiger partial charge is 0.253 e. The van der Waals surface area contributed by atoms with Gasteiger partial charge in [-0.05, 0) is 25.5 Å². The van der Waals surface area contributed by atoms with E-state index in [0.717, 1.165) is 6.07 Å². The quantitative estimate of drug-likeness (QED) is 0.791. The highest BCUT2D eigenvalue weighted by Crippen LogP contribution is 2.25. The highest BCUT2D eigenvalue weighted by Gasteiger charge is 2.27. The number of hydrogen-bond donors (Lipinski definition) is 2. The number of aliphatic hydroxyl groups excluding tert-OH is 1. The Morgan fingerprint density at radius 3 is 2.65 bits per heavy atom. The molecule has 0 heterocycles. The summed E-state index contributed by atoms with van der Waals surface area (Å²) >= 11 is 11.5. The minimum absolute atomic E-state index is 0.0196. The van der Waals surface area contributed by atoms with Crippen molar-refractivity contribution >= 4 is 29.1 Å². The van der Waals surface area contributed by atoms with Gasteiger partial charge in [-0.25, -0.2) is 4.39 Å². The summed E-state index contributed by atoms with van der Waals surface area (Å²) in [6.45, 7) is 1.79. The first-order valence-corrected chi connectivity index (χ1v) is 6.65. The lowest BCUT2D eigenvalue weighted by Gasteiger charge is -2.29. The van der Waals surface area contributed by atoms with Gasteiger partial charge in [-0.3, -0.25) is 4.79 Å². The molecular formula is C13H16Cl2FNO3. The van der Waals surface area contributed by atoms with Crippen molar-refractivity contribution in [3.05, 3.63) is 33.6 Å². The predicted molar refractivity (Wildman–Crippen MR) is 75.9 cm³/mol. The van der Waals surface area contributed by atoms with E-state index < -0.39 is 17.3 Å². The van der Waals surface area contributed by atoms with Crippen LogP contribution in [0.15, 0.2) is 12.1 Å². The Kier molecular flexibility index (Phi) is 6.20. The summed E-state index contributed by atoms with van der Waals surface area (Å²) in [5.41, 5.74) is -0.797. The third kappa shape index (κ3) is 4.31. The largest absolute Gasteiger partial charge is 0.396 e. The second-order valence-electron chi connectivity index (χ2n) is 4.67. The molecule has 1 aromatic carbocycles. The Morgan fingerprint density at radius 1 is 1.45 bits per heavy atom. The second-order valence-corrected chi connectivity index (χ2v) is 5.48. The monoisotopic (exact) mass is 323 g/mol. The number of benzene rings is 1. The van der Waals surface area contributed by atoms with E-state index in [1.54, 1.807) is 6.92 Å². The van der Waals surface area contributed by atoms with E-state index in [1.165, 1.54) is 13.2 Å². The Labute approximate surface area is 126 Å². The molecule has 1 atom stereocenters. The molecule has 1 aromatic rings. The Bertz CT molecular complexity index is 491. The van der Waals surface area contributed by atoms with E-state index in [4.69, 9.17) is 33.0 Å². The van der Waals surface area contributed by atoms with Crippen LogP contribution in [0, 0.1) is 5.82 Å². The van der Waals surface area contributed by atoms with Crippen molar-refractivity contribution in [2.75, 3.05) is 20.3 Å². The van der Waals surface area contributed by atoms with Crippen LogP contribution < -0.4 is 5.32 Å². The fourth-order valence-corrected chi connectivity index (χ4v) is 2.24. The highest BCUT2D eigenvalue weighted by molar-refractivity contribution is 6.36. The van der Waals surface area contributed by atoms with Crippen LogP contribution in [0.25, 0.3) is 0 Å². The van der Waals surface area contributed by atoms with Gasteiger partial charge in [0, 0.05) is 13.7 Å². The number of carbonyl (C=O) groups excluding carboxylic acids is 1. The van der Waals surface area contributed by atoms with Crippen LogP contribution in [0.1, 0.15) is 23.7 Å². The normalized spacial score (nSPS) is 13.9. The number of halogens is 3. The number of amides is 1. The maximum Gasteiger partial charge on any atom is 0.253 e. The third-order valence-electron chi connectivity index (χ3n) is 2.80. The van der Waals surface area contributed by atoms with Crippen molar-refractivity contribution < 1.29 is 19.0 Å². The Balaban J connectivity index is 2.97. The maximum absolute atomic E-state index is 13.4. The van der Waals surface area contributed by atoms with Crippen molar-refractivity contribution in [1.29, 1.82) is 0 Å². The summed E-state index contributed by atoms with van der Waals surface area (Å²) in [5, 5.41) is 11.6. The van der Waals surface area contributed by atoms with Crippen LogP contribution >= 0.6 is 23.2 Å². The van der Waals surface area contributed by atoms with Gasteiger partial charge in [-0.2, -0.15) is 0 Å². The van der Waals surface area contributed by atoms with E-state index in [9.17, 15) is 9.18 Å². The van der Waals surface area contributed by atoms with Crippen LogP contribution in [0.4, 0.5) is 4.39 Å². The first-order chi connectivity index (χ1) is 9.33. The van der Waals surface area contributed by atoms with Gasteiger partial charge in [0.2, 0.25) is 0 Å². The lowest BCUT2D eigenvalue weighted by Crippen LogP contribution is -2.50. The van der Waals surface area contributed by atoms with E-state index in [0.29, 0.717) is 6.42 Å². The van der Waals surface area contributed by atoms with Crippen molar-refractivity contribution in [3.8, 4) is 0 Å². The molecule has 0 fully saturated rings. The van der Waals surface area contributed by atoms with Crippen molar-refractivity contribution in [1.82, 2.24) is 5.32 Å². The van der Waals surface area contributed by atoms with Gasteiger partial charge in [-0.15, -0.1) is 0 Å². The number of hydrogen-bond acceptors (Lipinski definition) is 3. The molecule has 0 saturated heterocycles. The number of methoxy groups -OCH3 is 1. The number of carbonyl (C=O) groups is 1. The average Bonchev–Trinajstić information content (AvgIpc) is 2.33. The summed E-state index contributed by atoms with van der Waals surface area (Å²) in [7, 11) is 1.48. The van der Waals surface area contributed by atoms with Crippen LogP contribution in [-0.4, -0.2) is 36.9 Å². The van der Waals surface area contributed by atoms with E-state index >= 15 is 0 Å². The van der Waals surface area contributed by atoms with E-state index in [2.05, 4.69) is 5.32 Å². The predicted octanol–water partition coefficient (Wildman–Crippen LogP) is 2.65. The summed E-state index contributed by atoms with van der Waals surface area (Å²) in [5.74, 6) is -1.28. The molecular weight excluding hydrogens is 308 g/mol. The molecule has 20 heavy (non-hydrogen) atoms. The van der Waals surface area contributed by atoms with Gasteiger partial charge < -0.3 is 15.2 Å². The number of ether oxygens (including phenoxy) is 1. The SMILES string of the molecule is COCC(C)(CCO)NC(=O)c1cc(F)c(Cl)cc1Cl. The van der Waals surface area contributed by atoms with Gasteiger partial charge in [-0.1, -0.05) is 23.2 Å². The summed E-state index contributed by atoms with van der Waals surface area (Å²) in [6, 6.07) is 2.15. The molecule has 7 heteroatoms. The minimum Gasteiger partial charge on any atom is -0.396 e. The molecule has 1 amide bonds. The molecule has 112 valence electrons. The standard InChI is InChI=1S/C13H16Cl2FNO3/c1-13(3-4-18,7-20-2)17-12(19)8-5-11(16)10(15)6-9(8)14/h5-6,18H,3-4,7H2,1-2H3,(H,17,19). The van der Waals surface area contributed by atoms with Gasteiger partial charge in [0.05, 0.1) is 27.8 Å². The molecule has 0 bridgehead atoms. The molecule has 0 aromatic heterocycles. The lowest BCUT2D eigenvalue weighted by atomic mass is 9.98. The molecule has 2 N–H and O–H groups in total. The number of rotatable bonds is 6. The fourth-order valence-electron chi connectivity index (χ4n) is 1.77. The Hall–Kier alpha value is -0.880. The van der Waals surface area contributed by atoms with Gasteiger partial charge >= 0.3 is 0 Å². The molecule has 0 aliphatic carbocycles. The maximum atomic E-state index is 13.4.